The Morgan fingerprint density at radius 1 is 1.03 bits per heavy atom. The van der Waals surface area contributed by atoms with Crippen LogP contribution in [-0.4, -0.2) is 35.5 Å². The van der Waals surface area contributed by atoms with E-state index < -0.39 is 59.5 Å². The van der Waals surface area contributed by atoms with Gasteiger partial charge < -0.3 is 15.4 Å². The Hall–Kier alpha value is -2.66. The second-order valence-electron chi connectivity index (χ2n) is 9.09. The number of nitrogens with two attached hydrogens (primary N) is 1. The van der Waals surface area contributed by atoms with E-state index in [-0.39, 0.29) is 30.5 Å². The van der Waals surface area contributed by atoms with Crippen LogP contribution in [0.5, 0.6) is 0 Å². The molecule has 2 heterocycles. The number of nitrogens with zero attached hydrogens (tertiary/aromatic N) is 1. The molecule has 0 bridgehead atoms. The van der Waals surface area contributed by atoms with Gasteiger partial charge in [-0.25, -0.2) is 4.39 Å². The molecule has 1 amide bonds. The number of benzene rings is 2. The standard InChI is InChI=1S/C24H23F7N2O2/c1-11-5-16(25)3-4-17(11)21-19(10-33-20(34)9-18(32)22(21)33)35-12(2)13-6-14(23(26,27)28)8-15(7-13)24(29,30)31/h3-8,12,18-19,21-22H,9-10,32H2,1-2H3/t12-,18?,19+,21?,22+/m1/s1. The van der Waals surface area contributed by atoms with Crippen LogP contribution in [-0.2, 0) is 21.9 Å². The van der Waals surface area contributed by atoms with Crippen molar-refractivity contribution in [3.63, 3.8) is 0 Å². The molecule has 4 rings (SSSR count). The lowest BCUT2D eigenvalue weighted by atomic mass is 9.84. The number of carbonyl (C=O) groups excluding carboxylic acids is 1. The number of hydrogen-bond donors (Lipinski definition) is 1. The average molecular weight is 504 g/mol. The number of fused-ring (bicyclic) bond motifs is 1. The van der Waals surface area contributed by atoms with Gasteiger partial charge in [-0.2, -0.15) is 26.3 Å². The maximum absolute atomic E-state index is 13.7. The molecule has 2 unspecified atom stereocenters. The highest BCUT2D eigenvalue weighted by molar-refractivity contribution is 5.81. The van der Waals surface area contributed by atoms with Gasteiger partial charge >= 0.3 is 12.4 Å². The number of halogens is 7. The highest BCUT2D eigenvalue weighted by Gasteiger charge is 2.53. The van der Waals surface area contributed by atoms with Gasteiger partial charge in [0, 0.05) is 24.9 Å². The maximum Gasteiger partial charge on any atom is 0.416 e. The van der Waals surface area contributed by atoms with E-state index in [2.05, 4.69) is 0 Å². The Kier molecular flexibility index (Phi) is 6.38. The molecular weight excluding hydrogens is 481 g/mol. The molecule has 0 aliphatic carbocycles. The van der Waals surface area contributed by atoms with E-state index in [1.807, 2.05) is 0 Å². The number of amides is 1. The number of aryl methyl sites for hydroxylation is 1. The summed E-state index contributed by atoms with van der Waals surface area (Å²) in [6.07, 6.45) is -11.8. The fraction of sp³-hybridized carbons (Fsp3) is 0.458. The van der Waals surface area contributed by atoms with E-state index >= 15 is 0 Å². The Labute approximate surface area is 196 Å². The van der Waals surface area contributed by atoms with Gasteiger partial charge in [-0.05, 0) is 60.9 Å². The molecule has 2 saturated heterocycles. The minimum absolute atomic E-state index is 0.0598. The number of alkyl halides is 6. The lowest BCUT2D eigenvalue weighted by Crippen LogP contribution is -2.39. The van der Waals surface area contributed by atoms with Crippen molar-refractivity contribution in [2.45, 2.75) is 62.8 Å². The van der Waals surface area contributed by atoms with Crippen LogP contribution in [0.3, 0.4) is 0 Å². The first-order chi connectivity index (χ1) is 16.2. The third kappa shape index (κ3) is 4.88. The molecule has 2 aliphatic rings. The summed E-state index contributed by atoms with van der Waals surface area (Å²) in [7, 11) is 0. The zero-order valence-electron chi connectivity index (χ0n) is 18.8. The normalized spacial score (nSPS) is 25.8. The van der Waals surface area contributed by atoms with E-state index in [0.29, 0.717) is 23.3 Å². The smallest absolute Gasteiger partial charge is 0.368 e. The molecule has 2 aromatic carbocycles. The van der Waals surface area contributed by atoms with Crippen LogP contribution in [0.2, 0.25) is 0 Å². The van der Waals surface area contributed by atoms with Crippen molar-refractivity contribution in [3.8, 4) is 0 Å². The fourth-order valence-electron chi connectivity index (χ4n) is 5.13. The molecule has 0 spiro atoms. The van der Waals surface area contributed by atoms with Gasteiger partial charge in [0.2, 0.25) is 5.91 Å². The summed E-state index contributed by atoms with van der Waals surface area (Å²) in [5, 5.41) is 0. The summed E-state index contributed by atoms with van der Waals surface area (Å²) >= 11 is 0. The Balaban J connectivity index is 1.71. The van der Waals surface area contributed by atoms with Crippen molar-refractivity contribution in [1.82, 2.24) is 4.90 Å². The van der Waals surface area contributed by atoms with Gasteiger partial charge in [-0.15, -0.1) is 0 Å². The molecule has 35 heavy (non-hydrogen) atoms. The first-order valence-corrected chi connectivity index (χ1v) is 10.9. The van der Waals surface area contributed by atoms with Crippen molar-refractivity contribution in [3.05, 3.63) is 70.0 Å². The van der Waals surface area contributed by atoms with E-state index in [4.69, 9.17) is 10.5 Å². The molecule has 11 heteroatoms. The average Bonchev–Trinajstić information content (AvgIpc) is 3.23. The molecule has 0 aromatic heterocycles. The molecule has 5 atom stereocenters. The monoisotopic (exact) mass is 504 g/mol. The van der Waals surface area contributed by atoms with Crippen molar-refractivity contribution in [2.75, 3.05) is 6.54 Å². The maximum atomic E-state index is 13.7. The van der Waals surface area contributed by atoms with Crippen LogP contribution < -0.4 is 5.73 Å². The number of rotatable bonds is 4. The minimum atomic E-state index is -4.99. The van der Waals surface area contributed by atoms with Crippen molar-refractivity contribution >= 4 is 5.91 Å². The Bertz CT molecular complexity index is 1100. The predicted molar refractivity (Wildman–Crippen MR) is 112 cm³/mol. The summed E-state index contributed by atoms with van der Waals surface area (Å²) < 4.78 is 99.6. The van der Waals surface area contributed by atoms with Crippen LogP contribution in [0.4, 0.5) is 30.7 Å². The highest BCUT2D eigenvalue weighted by atomic mass is 19.4. The van der Waals surface area contributed by atoms with Crippen molar-refractivity contribution < 1.29 is 40.3 Å². The molecule has 190 valence electrons. The summed E-state index contributed by atoms with van der Waals surface area (Å²) in [4.78, 5) is 14.0. The largest absolute Gasteiger partial charge is 0.416 e. The predicted octanol–water partition coefficient (Wildman–Crippen LogP) is 5.34. The van der Waals surface area contributed by atoms with Gasteiger partial charge in [-0.1, -0.05) is 6.07 Å². The van der Waals surface area contributed by atoms with Gasteiger partial charge in [0.25, 0.3) is 0 Å². The lowest BCUT2D eigenvalue weighted by Gasteiger charge is -2.29. The Morgan fingerprint density at radius 3 is 2.17 bits per heavy atom. The molecule has 2 aliphatic heterocycles. The zero-order valence-corrected chi connectivity index (χ0v) is 18.8. The van der Waals surface area contributed by atoms with Crippen LogP contribution in [0.25, 0.3) is 0 Å². The molecular formula is C24H23F7N2O2. The molecule has 2 fully saturated rings. The summed E-state index contributed by atoms with van der Waals surface area (Å²) in [6, 6.07) is 4.38. The summed E-state index contributed by atoms with van der Waals surface area (Å²) in [6.45, 7) is 3.09. The molecule has 2 aromatic rings. The SMILES string of the molecule is Cc1cc(F)ccc1C1[C@@H]2C(N)CC(=O)N2C[C@@H]1O[C@H](C)c1cc(C(F)(F)F)cc(C(F)(F)F)c1. The van der Waals surface area contributed by atoms with Gasteiger partial charge in [0.05, 0.1) is 29.4 Å². The third-order valence-electron chi connectivity index (χ3n) is 6.72. The van der Waals surface area contributed by atoms with Crippen LogP contribution in [0.1, 0.15) is 53.2 Å². The highest BCUT2D eigenvalue weighted by Crippen LogP contribution is 2.44. The molecule has 0 saturated carbocycles. The van der Waals surface area contributed by atoms with Crippen LogP contribution in [0, 0.1) is 12.7 Å². The number of ether oxygens (including phenoxy) is 1. The van der Waals surface area contributed by atoms with Crippen molar-refractivity contribution in [1.29, 1.82) is 0 Å². The first-order valence-electron chi connectivity index (χ1n) is 10.9. The lowest BCUT2D eigenvalue weighted by molar-refractivity contribution is -0.143. The van der Waals surface area contributed by atoms with Crippen LogP contribution in [0.15, 0.2) is 36.4 Å². The molecule has 2 N–H and O–H groups in total. The zero-order chi connectivity index (χ0) is 25.9. The Morgan fingerprint density at radius 2 is 1.63 bits per heavy atom. The second kappa shape index (κ2) is 8.77. The number of hydrogen-bond acceptors (Lipinski definition) is 3. The van der Waals surface area contributed by atoms with Crippen LogP contribution >= 0.6 is 0 Å². The summed E-state index contributed by atoms with van der Waals surface area (Å²) in [5.41, 5.74) is 4.27. The minimum Gasteiger partial charge on any atom is -0.368 e. The molecule has 4 nitrogen and oxygen atoms in total. The van der Waals surface area contributed by atoms with E-state index in [9.17, 15) is 35.5 Å². The van der Waals surface area contributed by atoms with Gasteiger partial charge in [-0.3, -0.25) is 4.79 Å². The first kappa shape index (κ1) is 25.4. The topological polar surface area (TPSA) is 55.6 Å². The second-order valence-corrected chi connectivity index (χ2v) is 9.09. The van der Waals surface area contributed by atoms with E-state index in [1.54, 1.807) is 13.0 Å². The molecule has 0 radical (unpaired) electrons. The van der Waals surface area contributed by atoms with Gasteiger partial charge in [0.1, 0.15) is 5.82 Å². The number of carbonyl (C=O) groups is 1. The fourth-order valence-corrected chi connectivity index (χ4v) is 5.13. The third-order valence-corrected chi connectivity index (χ3v) is 6.72. The van der Waals surface area contributed by atoms with E-state index in [0.717, 1.165) is 0 Å². The van der Waals surface area contributed by atoms with Crippen molar-refractivity contribution in [2.24, 2.45) is 5.73 Å². The van der Waals surface area contributed by atoms with E-state index in [1.165, 1.54) is 24.0 Å². The summed E-state index contributed by atoms with van der Waals surface area (Å²) in [5.74, 6) is -1.22. The van der Waals surface area contributed by atoms with Gasteiger partial charge in [0.15, 0.2) is 0 Å². The quantitative estimate of drug-likeness (QED) is 0.572.